The van der Waals surface area contributed by atoms with Gasteiger partial charge in [0, 0.05) is 26.2 Å². The number of nitrogens with zero attached hydrogens (tertiary/aromatic N) is 2. The molecule has 1 aromatic heterocycles. The Morgan fingerprint density at radius 3 is 1.96 bits per heavy atom. The monoisotopic (exact) mass is 506 g/mol. The molecule has 0 amide bonds. The van der Waals surface area contributed by atoms with Gasteiger partial charge in [-0.3, -0.25) is 0 Å². The third-order valence-corrected chi connectivity index (χ3v) is 10.6. The summed E-state index contributed by atoms with van der Waals surface area (Å²) in [7, 11) is -7.21. The summed E-state index contributed by atoms with van der Waals surface area (Å²) < 4.78 is 54.9. The average molecular weight is 507 g/mol. The fourth-order valence-electron chi connectivity index (χ4n) is 3.07. The summed E-state index contributed by atoms with van der Waals surface area (Å²) in [5, 5.41) is 0. The zero-order valence-corrected chi connectivity index (χ0v) is 19.6. The minimum atomic E-state index is -3.62. The van der Waals surface area contributed by atoms with Gasteiger partial charge in [0.25, 0.3) is 10.0 Å². The highest BCUT2D eigenvalue weighted by atomic mass is 79.9. The molecule has 0 spiro atoms. The van der Waals surface area contributed by atoms with Crippen LogP contribution in [0.4, 0.5) is 0 Å². The molecule has 1 saturated heterocycles. The molecule has 0 unspecified atom stereocenters. The largest absolute Gasteiger partial charge is 0.252 e. The van der Waals surface area contributed by atoms with Crippen LogP contribution in [-0.4, -0.2) is 51.6 Å². The Hall–Kier alpha value is -0.780. The molecule has 1 aliphatic rings. The molecule has 0 saturated carbocycles. The lowest BCUT2D eigenvalue weighted by molar-refractivity contribution is 0.273. The summed E-state index contributed by atoms with van der Waals surface area (Å²) in [5.74, 6) is 0. The smallest absolute Gasteiger partial charge is 0.207 e. The van der Waals surface area contributed by atoms with E-state index in [9.17, 15) is 16.8 Å². The molecule has 0 radical (unpaired) electrons. The second-order valence-corrected chi connectivity index (χ2v) is 13.2. The first-order valence-corrected chi connectivity index (χ1v) is 13.6. The van der Waals surface area contributed by atoms with Crippen molar-refractivity contribution in [2.45, 2.75) is 35.3 Å². The highest BCUT2D eigenvalue weighted by Gasteiger charge is 2.34. The van der Waals surface area contributed by atoms with Crippen LogP contribution < -0.4 is 0 Å². The molecule has 6 nitrogen and oxygen atoms in total. The Bertz CT molecular complexity index is 1010. The van der Waals surface area contributed by atoms with E-state index in [0.29, 0.717) is 0 Å². The van der Waals surface area contributed by atoms with E-state index < -0.39 is 20.0 Å². The Labute approximate surface area is 179 Å². The summed E-state index contributed by atoms with van der Waals surface area (Å²) in [6, 6.07) is 10.3. The number of thiophene rings is 1. The first-order chi connectivity index (χ1) is 13.2. The Morgan fingerprint density at radius 1 is 0.893 bits per heavy atom. The van der Waals surface area contributed by atoms with Crippen molar-refractivity contribution in [1.82, 2.24) is 8.61 Å². The van der Waals surface area contributed by atoms with Crippen molar-refractivity contribution < 1.29 is 16.8 Å². The van der Waals surface area contributed by atoms with Gasteiger partial charge in [0.05, 0.1) is 8.68 Å². The van der Waals surface area contributed by atoms with Crippen molar-refractivity contribution in [3.63, 3.8) is 0 Å². The number of halogens is 1. The molecule has 28 heavy (non-hydrogen) atoms. The van der Waals surface area contributed by atoms with Crippen LogP contribution in [0.5, 0.6) is 0 Å². The quantitative estimate of drug-likeness (QED) is 0.575. The number of sulfonamides is 2. The van der Waals surface area contributed by atoms with Crippen LogP contribution in [0.25, 0.3) is 0 Å². The molecular formula is C18H23BrN2O4S3. The van der Waals surface area contributed by atoms with Crippen molar-refractivity contribution in [3.05, 3.63) is 45.7 Å². The van der Waals surface area contributed by atoms with Crippen molar-refractivity contribution in [3.8, 4) is 0 Å². The number of unbranched alkanes of at least 4 members (excludes halogenated alkanes) is 1. The number of benzene rings is 1. The molecule has 3 rings (SSSR count). The molecule has 0 N–H and O–H groups in total. The van der Waals surface area contributed by atoms with Gasteiger partial charge < -0.3 is 0 Å². The lowest BCUT2D eigenvalue weighted by Crippen LogP contribution is -2.50. The van der Waals surface area contributed by atoms with Gasteiger partial charge in [0.1, 0.15) is 4.21 Å². The van der Waals surface area contributed by atoms with Crippen LogP contribution in [-0.2, 0) is 26.5 Å². The number of aryl methyl sites for hydroxylation is 1. The summed E-state index contributed by atoms with van der Waals surface area (Å²) in [6.07, 6.45) is 3.10. The van der Waals surface area contributed by atoms with Gasteiger partial charge in [-0.2, -0.15) is 8.61 Å². The zero-order chi connectivity index (χ0) is 20.4. The Kier molecular flexibility index (Phi) is 6.99. The molecule has 10 heteroatoms. The lowest BCUT2D eigenvalue weighted by atomic mass is 10.1. The normalized spacial score (nSPS) is 17.1. The van der Waals surface area contributed by atoms with Crippen LogP contribution in [0, 0.1) is 0 Å². The van der Waals surface area contributed by atoms with Crippen LogP contribution >= 0.6 is 27.3 Å². The van der Waals surface area contributed by atoms with E-state index in [4.69, 9.17) is 0 Å². The minimum Gasteiger partial charge on any atom is -0.207 e. The minimum absolute atomic E-state index is 0.145. The summed E-state index contributed by atoms with van der Waals surface area (Å²) in [4.78, 5) is 0.256. The van der Waals surface area contributed by atoms with Crippen molar-refractivity contribution in [2.75, 3.05) is 26.2 Å². The second kappa shape index (κ2) is 8.93. The fraction of sp³-hybridized carbons (Fsp3) is 0.444. The van der Waals surface area contributed by atoms with E-state index in [1.165, 1.54) is 8.61 Å². The molecule has 2 aromatic rings. The summed E-state index contributed by atoms with van der Waals surface area (Å²) in [6.45, 7) is 2.70. The maximum Gasteiger partial charge on any atom is 0.252 e. The van der Waals surface area contributed by atoms with Crippen molar-refractivity contribution in [2.24, 2.45) is 0 Å². The first kappa shape index (κ1) is 21.9. The van der Waals surface area contributed by atoms with Gasteiger partial charge in [-0.25, -0.2) is 16.8 Å². The van der Waals surface area contributed by atoms with Crippen LogP contribution in [0.1, 0.15) is 25.3 Å². The lowest BCUT2D eigenvalue weighted by Gasteiger charge is -2.33. The van der Waals surface area contributed by atoms with Crippen LogP contribution in [0.2, 0.25) is 0 Å². The molecule has 0 aliphatic carbocycles. The van der Waals surface area contributed by atoms with E-state index in [0.717, 1.165) is 39.9 Å². The average Bonchev–Trinajstić information content (AvgIpc) is 3.14. The van der Waals surface area contributed by atoms with E-state index in [2.05, 4.69) is 22.9 Å². The van der Waals surface area contributed by atoms with Gasteiger partial charge in [-0.15, -0.1) is 11.3 Å². The number of rotatable bonds is 7. The van der Waals surface area contributed by atoms with Crippen LogP contribution in [0.3, 0.4) is 0 Å². The molecule has 1 aliphatic heterocycles. The van der Waals surface area contributed by atoms with E-state index in [1.807, 2.05) is 12.1 Å². The molecule has 2 heterocycles. The molecule has 1 fully saturated rings. The molecule has 0 atom stereocenters. The topological polar surface area (TPSA) is 74.8 Å². The number of hydrogen-bond donors (Lipinski definition) is 0. The molecule has 1 aromatic carbocycles. The summed E-state index contributed by atoms with van der Waals surface area (Å²) >= 11 is 4.43. The SMILES string of the molecule is CCCCc1ccc(S(=O)(=O)N2CCN(S(=O)(=O)c3ccc(Br)s3)CC2)cc1. The third-order valence-electron chi connectivity index (χ3n) is 4.72. The molecule has 0 bridgehead atoms. The van der Waals surface area contributed by atoms with Crippen LogP contribution in [0.15, 0.2) is 49.3 Å². The van der Waals surface area contributed by atoms with Gasteiger partial charge in [-0.1, -0.05) is 25.5 Å². The fourth-order valence-corrected chi connectivity index (χ4v) is 8.08. The highest BCUT2D eigenvalue weighted by Crippen LogP contribution is 2.29. The van der Waals surface area contributed by atoms with Crippen molar-refractivity contribution in [1.29, 1.82) is 0 Å². The van der Waals surface area contributed by atoms with Gasteiger partial charge >= 0.3 is 0 Å². The highest BCUT2D eigenvalue weighted by molar-refractivity contribution is 9.11. The van der Waals surface area contributed by atoms with Gasteiger partial charge in [0.15, 0.2) is 0 Å². The second-order valence-electron chi connectivity index (χ2n) is 6.61. The number of piperazine rings is 1. The van der Waals surface area contributed by atoms with Gasteiger partial charge in [-0.05, 0) is 58.6 Å². The maximum atomic E-state index is 12.9. The predicted octanol–water partition coefficient (Wildman–Crippen LogP) is 3.55. The zero-order valence-electron chi connectivity index (χ0n) is 15.5. The van der Waals surface area contributed by atoms with E-state index in [-0.39, 0.29) is 35.3 Å². The maximum absolute atomic E-state index is 12.9. The van der Waals surface area contributed by atoms with Gasteiger partial charge in [0.2, 0.25) is 10.0 Å². The molecule has 154 valence electrons. The standard InChI is InChI=1S/C18H23BrN2O4S3/c1-2-3-4-15-5-7-16(8-6-15)27(22,23)20-11-13-21(14-12-20)28(24,25)18-10-9-17(19)26-18/h5-10H,2-4,11-14H2,1H3. The van der Waals surface area contributed by atoms with E-state index >= 15 is 0 Å². The Balaban J connectivity index is 1.68. The number of hydrogen-bond acceptors (Lipinski definition) is 5. The predicted molar refractivity (Wildman–Crippen MR) is 115 cm³/mol. The Morgan fingerprint density at radius 2 is 1.46 bits per heavy atom. The molecular weight excluding hydrogens is 484 g/mol. The van der Waals surface area contributed by atoms with E-state index in [1.54, 1.807) is 24.3 Å². The van der Waals surface area contributed by atoms with Crippen molar-refractivity contribution >= 4 is 47.3 Å². The first-order valence-electron chi connectivity index (χ1n) is 9.09. The third kappa shape index (κ3) is 4.68. The summed E-state index contributed by atoms with van der Waals surface area (Å²) in [5.41, 5.74) is 1.12.